The van der Waals surface area contributed by atoms with Crippen molar-refractivity contribution in [3.05, 3.63) is 94.8 Å². The Balaban J connectivity index is 1.68. The fourth-order valence-electron chi connectivity index (χ4n) is 4.92. The zero-order chi connectivity index (χ0) is 29.6. The quantitative estimate of drug-likeness (QED) is 0.317. The largest absolute Gasteiger partial charge is 0.352 e. The van der Waals surface area contributed by atoms with Gasteiger partial charge in [0.15, 0.2) is 0 Å². The maximum absolute atomic E-state index is 14.0. The molecule has 1 atom stereocenters. The zero-order valence-electron chi connectivity index (χ0n) is 23.2. The van der Waals surface area contributed by atoms with E-state index in [0.717, 1.165) is 42.0 Å². The van der Waals surface area contributed by atoms with Crippen LogP contribution in [0.1, 0.15) is 50.2 Å². The standard InChI is InChI=1S/C31H35ClFN3O4S/c1-22-13-18-27(19-29(22)32)36(41(39,40)28-11-7-4-8-12-28)21-30(37)35(20-24-14-16-25(33)17-15-24)23(2)31(38)34-26-9-5-3-6-10-26/h4,7-8,11-19,23,26H,3,5-6,9-10,20-21H2,1-2H3,(H,34,38)/t23-/m1/s1. The zero-order valence-corrected chi connectivity index (χ0v) is 24.8. The van der Waals surface area contributed by atoms with Crippen molar-refractivity contribution >= 4 is 39.1 Å². The Bertz CT molecular complexity index is 1460. The molecular weight excluding hydrogens is 565 g/mol. The van der Waals surface area contributed by atoms with Crippen LogP contribution >= 0.6 is 11.6 Å². The van der Waals surface area contributed by atoms with Gasteiger partial charge in [-0.25, -0.2) is 12.8 Å². The van der Waals surface area contributed by atoms with Crippen LogP contribution in [0.25, 0.3) is 0 Å². The Hall–Kier alpha value is -3.43. The summed E-state index contributed by atoms with van der Waals surface area (Å²) in [5.74, 6) is -1.33. The number of hydrogen-bond acceptors (Lipinski definition) is 4. The second-order valence-electron chi connectivity index (χ2n) is 10.4. The molecule has 0 heterocycles. The molecule has 0 aliphatic heterocycles. The Kier molecular flexibility index (Phi) is 10.0. The smallest absolute Gasteiger partial charge is 0.264 e. The first-order chi connectivity index (χ1) is 19.6. The summed E-state index contributed by atoms with van der Waals surface area (Å²) < 4.78 is 42.3. The van der Waals surface area contributed by atoms with Crippen LogP contribution < -0.4 is 9.62 Å². The minimum Gasteiger partial charge on any atom is -0.352 e. The van der Waals surface area contributed by atoms with Crippen molar-refractivity contribution in [1.82, 2.24) is 10.2 Å². The molecule has 0 saturated heterocycles. The summed E-state index contributed by atoms with van der Waals surface area (Å²) in [5.41, 5.74) is 1.58. The summed E-state index contributed by atoms with van der Waals surface area (Å²) in [7, 11) is -4.18. The van der Waals surface area contributed by atoms with Gasteiger partial charge in [0.25, 0.3) is 10.0 Å². The summed E-state index contributed by atoms with van der Waals surface area (Å²) in [4.78, 5) is 28.7. The number of carbonyl (C=O) groups excluding carboxylic acids is 2. The van der Waals surface area contributed by atoms with Crippen molar-refractivity contribution < 1.29 is 22.4 Å². The van der Waals surface area contributed by atoms with Gasteiger partial charge >= 0.3 is 0 Å². The van der Waals surface area contributed by atoms with Crippen LogP contribution in [-0.4, -0.2) is 43.8 Å². The first-order valence-corrected chi connectivity index (χ1v) is 15.6. The lowest BCUT2D eigenvalue weighted by Gasteiger charge is -2.33. The third-order valence-electron chi connectivity index (χ3n) is 7.44. The number of anilines is 1. The van der Waals surface area contributed by atoms with Gasteiger partial charge in [-0.1, -0.05) is 67.3 Å². The van der Waals surface area contributed by atoms with Gasteiger partial charge in [-0.15, -0.1) is 0 Å². The molecule has 7 nitrogen and oxygen atoms in total. The van der Waals surface area contributed by atoms with Crippen molar-refractivity contribution in [2.45, 2.75) is 69.5 Å². The summed E-state index contributed by atoms with van der Waals surface area (Å²) in [6.45, 7) is 2.84. The van der Waals surface area contributed by atoms with E-state index < -0.39 is 34.3 Å². The van der Waals surface area contributed by atoms with Crippen LogP contribution in [0.5, 0.6) is 0 Å². The molecule has 1 N–H and O–H groups in total. The Morgan fingerprint density at radius 3 is 2.29 bits per heavy atom. The third kappa shape index (κ3) is 7.65. The molecule has 41 heavy (non-hydrogen) atoms. The van der Waals surface area contributed by atoms with Crippen molar-refractivity contribution in [3.63, 3.8) is 0 Å². The number of aryl methyl sites for hydroxylation is 1. The normalized spacial score (nSPS) is 14.7. The predicted octanol–water partition coefficient (Wildman–Crippen LogP) is 5.85. The topological polar surface area (TPSA) is 86.8 Å². The van der Waals surface area contributed by atoms with E-state index in [1.165, 1.54) is 35.2 Å². The molecule has 0 bridgehead atoms. The van der Waals surface area contributed by atoms with Crippen LogP contribution in [0.15, 0.2) is 77.7 Å². The highest BCUT2D eigenvalue weighted by molar-refractivity contribution is 7.92. The predicted molar refractivity (Wildman–Crippen MR) is 159 cm³/mol. The highest BCUT2D eigenvalue weighted by Gasteiger charge is 2.33. The second kappa shape index (κ2) is 13.5. The van der Waals surface area contributed by atoms with Gasteiger partial charge in [0.1, 0.15) is 18.4 Å². The average molecular weight is 600 g/mol. The molecule has 0 radical (unpaired) electrons. The van der Waals surface area contributed by atoms with E-state index in [4.69, 9.17) is 11.6 Å². The summed E-state index contributed by atoms with van der Waals surface area (Å²) in [6, 6.07) is 17.4. The molecule has 0 aromatic heterocycles. The van der Waals surface area contributed by atoms with Crippen LogP contribution in [0.3, 0.4) is 0 Å². The molecule has 218 valence electrons. The van der Waals surface area contributed by atoms with Gasteiger partial charge in [-0.3, -0.25) is 13.9 Å². The first-order valence-electron chi connectivity index (χ1n) is 13.7. The summed E-state index contributed by atoms with van der Waals surface area (Å²) in [5, 5.41) is 3.41. The Morgan fingerprint density at radius 1 is 1.00 bits per heavy atom. The van der Waals surface area contributed by atoms with E-state index in [1.807, 2.05) is 0 Å². The molecule has 4 rings (SSSR count). The molecule has 1 saturated carbocycles. The number of nitrogens with zero attached hydrogens (tertiary/aromatic N) is 2. The molecule has 3 aromatic carbocycles. The van der Waals surface area contributed by atoms with Gasteiger partial charge < -0.3 is 10.2 Å². The number of rotatable bonds is 10. The van der Waals surface area contributed by atoms with Gasteiger partial charge in [0, 0.05) is 17.6 Å². The minimum atomic E-state index is -4.18. The molecule has 1 fully saturated rings. The maximum Gasteiger partial charge on any atom is 0.264 e. The minimum absolute atomic E-state index is 0.00769. The highest BCUT2D eigenvalue weighted by Crippen LogP contribution is 2.28. The molecular formula is C31H35ClFN3O4S. The van der Waals surface area contributed by atoms with Gasteiger partial charge in [0.05, 0.1) is 10.6 Å². The number of sulfonamides is 1. The molecule has 2 amide bonds. The third-order valence-corrected chi connectivity index (χ3v) is 9.63. The first kappa shape index (κ1) is 30.5. The van der Waals surface area contributed by atoms with E-state index in [1.54, 1.807) is 56.3 Å². The highest BCUT2D eigenvalue weighted by atomic mass is 35.5. The van der Waals surface area contributed by atoms with Crippen LogP contribution in [0, 0.1) is 12.7 Å². The number of hydrogen-bond donors (Lipinski definition) is 1. The van der Waals surface area contributed by atoms with Crippen LogP contribution in [0.2, 0.25) is 5.02 Å². The lowest BCUT2D eigenvalue weighted by atomic mass is 9.95. The van der Waals surface area contributed by atoms with E-state index in [9.17, 15) is 22.4 Å². The Morgan fingerprint density at radius 2 is 1.66 bits per heavy atom. The lowest BCUT2D eigenvalue weighted by Crippen LogP contribution is -2.53. The Labute approximate surface area is 246 Å². The van der Waals surface area contributed by atoms with E-state index >= 15 is 0 Å². The van der Waals surface area contributed by atoms with Gasteiger partial charge in [-0.2, -0.15) is 0 Å². The molecule has 0 unspecified atom stereocenters. The number of amides is 2. The second-order valence-corrected chi connectivity index (χ2v) is 12.7. The van der Waals surface area contributed by atoms with Crippen molar-refractivity contribution in [1.29, 1.82) is 0 Å². The number of halogens is 2. The molecule has 1 aliphatic carbocycles. The lowest BCUT2D eigenvalue weighted by molar-refractivity contribution is -0.139. The fraction of sp³-hybridized carbons (Fsp3) is 0.355. The molecule has 3 aromatic rings. The molecule has 1 aliphatic rings. The number of benzene rings is 3. The SMILES string of the molecule is Cc1ccc(N(CC(=O)N(Cc2ccc(F)cc2)[C@H](C)C(=O)NC2CCCCC2)S(=O)(=O)c2ccccc2)cc1Cl. The molecule has 0 spiro atoms. The summed E-state index contributed by atoms with van der Waals surface area (Å²) >= 11 is 6.36. The van der Waals surface area contributed by atoms with Crippen molar-refractivity contribution in [2.75, 3.05) is 10.8 Å². The van der Waals surface area contributed by atoms with Crippen LogP contribution in [-0.2, 0) is 26.2 Å². The van der Waals surface area contributed by atoms with E-state index in [2.05, 4.69) is 5.32 Å². The molecule has 10 heteroatoms. The van der Waals surface area contributed by atoms with E-state index in [-0.39, 0.29) is 29.1 Å². The fourth-order valence-corrected chi connectivity index (χ4v) is 6.53. The average Bonchev–Trinajstić information content (AvgIpc) is 2.97. The summed E-state index contributed by atoms with van der Waals surface area (Å²) in [6.07, 6.45) is 4.95. The monoisotopic (exact) mass is 599 g/mol. The maximum atomic E-state index is 14.0. The van der Waals surface area contributed by atoms with Crippen LogP contribution in [0.4, 0.5) is 10.1 Å². The van der Waals surface area contributed by atoms with Crippen molar-refractivity contribution in [3.8, 4) is 0 Å². The van der Waals surface area contributed by atoms with Gasteiger partial charge in [0.2, 0.25) is 11.8 Å². The number of carbonyl (C=O) groups is 2. The number of nitrogens with one attached hydrogen (secondary N) is 1. The van der Waals surface area contributed by atoms with Crippen molar-refractivity contribution in [2.24, 2.45) is 0 Å². The van der Waals surface area contributed by atoms with Gasteiger partial charge in [-0.05, 0) is 74.2 Å². The van der Waals surface area contributed by atoms with E-state index in [0.29, 0.717) is 10.6 Å².